The first-order valence-electron chi connectivity index (χ1n) is 9.10. The summed E-state index contributed by atoms with van der Waals surface area (Å²) in [6.07, 6.45) is 2.12. The Balaban J connectivity index is 1.40. The number of amides is 2. The lowest BCUT2D eigenvalue weighted by Crippen LogP contribution is -2.31. The second-order valence-electron chi connectivity index (χ2n) is 6.62. The number of fused-ring (bicyclic) bond motifs is 1. The molecule has 1 saturated heterocycles. The standard InChI is InChI=1S/C21H19ClN2O3S/c22-18-16-5-1-2-6-17(16)28-19(18)21(26)24-14-9-7-13(8-10-14)20(25)23-12-15-4-3-11-27-15/h1-2,5-10,15H,3-4,11-12H2,(H,23,25)(H,24,26)/t15-/m0/s1. The summed E-state index contributed by atoms with van der Waals surface area (Å²) in [5.41, 5.74) is 1.14. The Hall–Kier alpha value is -2.41. The second-order valence-corrected chi connectivity index (χ2v) is 8.05. The first-order valence-corrected chi connectivity index (χ1v) is 10.3. The van der Waals surface area contributed by atoms with Gasteiger partial charge in [-0.25, -0.2) is 0 Å². The van der Waals surface area contributed by atoms with Crippen LogP contribution in [-0.2, 0) is 4.74 Å². The van der Waals surface area contributed by atoms with E-state index in [4.69, 9.17) is 16.3 Å². The predicted octanol–water partition coefficient (Wildman–Crippen LogP) is 4.72. The summed E-state index contributed by atoms with van der Waals surface area (Å²) in [7, 11) is 0. The molecule has 2 aromatic carbocycles. The van der Waals surface area contributed by atoms with E-state index in [1.54, 1.807) is 24.3 Å². The molecule has 1 fully saturated rings. The molecule has 1 aliphatic rings. The van der Waals surface area contributed by atoms with Crippen molar-refractivity contribution in [2.75, 3.05) is 18.5 Å². The number of benzene rings is 2. The van der Waals surface area contributed by atoms with E-state index in [2.05, 4.69) is 10.6 Å². The number of hydrogen-bond acceptors (Lipinski definition) is 4. The Kier molecular flexibility index (Phi) is 5.62. The number of hydrogen-bond donors (Lipinski definition) is 2. The zero-order valence-electron chi connectivity index (χ0n) is 15.0. The van der Waals surface area contributed by atoms with E-state index in [-0.39, 0.29) is 17.9 Å². The zero-order valence-corrected chi connectivity index (χ0v) is 16.6. The normalized spacial score (nSPS) is 16.2. The van der Waals surface area contributed by atoms with Gasteiger partial charge in [-0.15, -0.1) is 11.3 Å². The maximum Gasteiger partial charge on any atom is 0.267 e. The van der Waals surface area contributed by atoms with E-state index in [0.29, 0.717) is 27.7 Å². The van der Waals surface area contributed by atoms with Gasteiger partial charge in [-0.1, -0.05) is 29.8 Å². The number of halogens is 1. The molecule has 1 aromatic heterocycles. The monoisotopic (exact) mass is 414 g/mol. The van der Waals surface area contributed by atoms with Crippen molar-refractivity contribution in [1.82, 2.24) is 5.32 Å². The predicted molar refractivity (Wildman–Crippen MR) is 113 cm³/mol. The van der Waals surface area contributed by atoms with Crippen LogP contribution in [-0.4, -0.2) is 31.1 Å². The molecule has 0 bridgehead atoms. The fraction of sp³-hybridized carbons (Fsp3) is 0.238. The molecule has 28 heavy (non-hydrogen) atoms. The van der Waals surface area contributed by atoms with Crippen LogP contribution in [0.2, 0.25) is 5.02 Å². The van der Waals surface area contributed by atoms with Crippen molar-refractivity contribution in [2.24, 2.45) is 0 Å². The number of rotatable bonds is 5. The molecular weight excluding hydrogens is 396 g/mol. The van der Waals surface area contributed by atoms with E-state index in [1.165, 1.54) is 11.3 Å². The minimum Gasteiger partial charge on any atom is -0.376 e. The number of carbonyl (C=O) groups is 2. The van der Waals surface area contributed by atoms with Gasteiger partial charge < -0.3 is 15.4 Å². The van der Waals surface area contributed by atoms with Gasteiger partial charge in [0.15, 0.2) is 0 Å². The summed E-state index contributed by atoms with van der Waals surface area (Å²) in [6, 6.07) is 14.4. The van der Waals surface area contributed by atoms with Gasteiger partial charge in [0, 0.05) is 34.5 Å². The number of thiophene rings is 1. The van der Waals surface area contributed by atoms with Crippen molar-refractivity contribution >= 4 is 50.5 Å². The molecule has 0 spiro atoms. The van der Waals surface area contributed by atoms with Gasteiger partial charge in [0.25, 0.3) is 11.8 Å². The Labute approximate surface area is 171 Å². The van der Waals surface area contributed by atoms with E-state index < -0.39 is 0 Å². The summed E-state index contributed by atoms with van der Waals surface area (Å²) in [4.78, 5) is 25.3. The van der Waals surface area contributed by atoms with Crippen molar-refractivity contribution in [3.8, 4) is 0 Å². The van der Waals surface area contributed by atoms with Crippen molar-refractivity contribution in [2.45, 2.75) is 18.9 Å². The van der Waals surface area contributed by atoms with E-state index in [1.807, 2.05) is 24.3 Å². The van der Waals surface area contributed by atoms with Crippen LogP contribution in [0.25, 0.3) is 10.1 Å². The lowest BCUT2D eigenvalue weighted by molar-refractivity contribution is 0.0857. The molecule has 0 aliphatic carbocycles. The van der Waals surface area contributed by atoms with Gasteiger partial charge >= 0.3 is 0 Å². The van der Waals surface area contributed by atoms with Gasteiger partial charge in [0.2, 0.25) is 0 Å². The zero-order chi connectivity index (χ0) is 19.5. The van der Waals surface area contributed by atoms with Crippen LogP contribution in [0.15, 0.2) is 48.5 Å². The minimum atomic E-state index is -0.262. The summed E-state index contributed by atoms with van der Waals surface area (Å²) in [5, 5.41) is 7.05. The first kappa shape index (κ1) is 18.9. The molecule has 0 unspecified atom stereocenters. The van der Waals surface area contributed by atoms with Gasteiger partial charge in [-0.05, 0) is 43.2 Å². The third-order valence-corrected chi connectivity index (χ3v) is 6.33. The maximum atomic E-state index is 12.6. The summed E-state index contributed by atoms with van der Waals surface area (Å²) >= 11 is 7.72. The van der Waals surface area contributed by atoms with Crippen LogP contribution in [0.3, 0.4) is 0 Å². The highest BCUT2D eigenvalue weighted by Crippen LogP contribution is 2.35. The number of nitrogens with one attached hydrogen (secondary N) is 2. The Morgan fingerprint density at radius 2 is 1.89 bits per heavy atom. The third kappa shape index (κ3) is 4.04. The molecule has 2 amide bonds. The van der Waals surface area contributed by atoms with Crippen LogP contribution in [0.5, 0.6) is 0 Å². The van der Waals surface area contributed by atoms with E-state index in [9.17, 15) is 9.59 Å². The summed E-state index contributed by atoms with van der Waals surface area (Å²) in [6.45, 7) is 1.28. The van der Waals surface area contributed by atoms with Gasteiger partial charge in [0.1, 0.15) is 4.88 Å². The molecule has 1 aliphatic heterocycles. The highest BCUT2D eigenvalue weighted by molar-refractivity contribution is 7.21. The third-order valence-electron chi connectivity index (χ3n) is 4.66. The van der Waals surface area contributed by atoms with Gasteiger partial charge in [0.05, 0.1) is 11.1 Å². The molecule has 2 heterocycles. The molecule has 0 radical (unpaired) electrons. The topological polar surface area (TPSA) is 67.4 Å². The molecule has 3 aromatic rings. The number of carbonyl (C=O) groups excluding carboxylic acids is 2. The molecule has 2 N–H and O–H groups in total. The summed E-state index contributed by atoms with van der Waals surface area (Å²) < 4.78 is 6.47. The molecule has 0 saturated carbocycles. The molecule has 1 atom stereocenters. The highest BCUT2D eigenvalue weighted by Gasteiger charge is 2.18. The highest BCUT2D eigenvalue weighted by atomic mass is 35.5. The average Bonchev–Trinajstić information content (AvgIpc) is 3.35. The van der Waals surface area contributed by atoms with E-state index in [0.717, 1.165) is 29.5 Å². The van der Waals surface area contributed by atoms with Crippen molar-refractivity contribution in [1.29, 1.82) is 0 Å². The maximum absolute atomic E-state index is 12.6. The van der Waals surface area contributed by atoms with E-state index >= 15 is 0 Å². The quantitative estimate of drug-likeness (QED) is 0.635. The first-order chi connectivity index (χ1) is 13.6. The van der Waals surface area contributed by atoms with Gasteiger partial charge in [-0.2, -0.15) is 0 Å². The lowest BCUT2D eigenvalue weighted by Gasteiger charge is -2.11. The van der Waals surface area contributed by atoms with Crippen LogP contribution < -0.4 is 10.6 Å². The minimum absolute atomic E-state index is 0.105. The van der Waals surface area contributed by atoms with Crippen LogP contribution in [0.1, 0.15) is 32.9 Å². The van der Waals surface area contributed by atoms with Crippen molar-refractivity contribution in [3.05, 3.63) is 64.0 Å². The lowest BCUT2D eigenvalue weighted by atomic mass is 10.2. The van der Waals surface area contributed by atoms with Crippen molar-refractivity contribution in [3.63, 3.8) is 0 Å². The second kappa shape index (κ2) is 8.31. The molecule has 5 nitrogen and oxygen atoms in total. The fourth-order valence-electron chi connectivity index (χ4n) is 3.17. The summed E-state index contributed by atoms with van der Waals surface area (Å²) in [5.74, 6) is -0.414. The molecule has 144 valence electrons. The smallest absolute Gasteiger partial charge is 0.267 e. The molecule has 7 heteroatoms. The van der Waals surface area contributed by atoms with Crippen LogP contribution >= 0.6 is 22.9 Å². The number of ether oxygens (including phenoxy) is 1. The number of anilines is 1. The fourth-order valence-corrected chi connectivity index (χ4v) is 4.58. The Morgan fingerprint density at radius 1 is 1.11 bits per heavy atom. The SMILES string of the molecule is O=C(NC[C@@H]1CCCO1)c1ccc(NC(=O)c2sc3ccccc3c2Cl)cc1. The van der Waals surface area contributed by atoms with Crippen LogP contribution in [0, 0.1) is 0 Å². The average molecular weight is 415 g/mol. The van der Waals surface area contributed by atoms with Gasteiger partial charge in [-0.3, -0.25) is 9.59 Å². The Morgan fingerprint density at radius 3 is 2.61 bits per heavy atom. The van der Waals surface area contributed by atoms with Crippen LogP contribution in [0.4, 0.5) is 5.69 Å². The largest absolute Gasteiger partial charge is 0.376 e. The molecule has 4 rings (SSSR count). The molecular formula is C21H19ClN2O3S. The van der Waals surface area contributed by atoms with Crippen molar-refractivity contribution < 1.29 is 14.3 Å². The Bertz CT molecular complexity index is 1010.